The molecule has 0 aromatic heterocycles. The van der Waals surface area contributed by atoms with Crippen molar-refractivity contribution in [3.8, 4) is 0 Å². The van der Waals surface area contributed by atoms with Crippen molar-refractivity contribution >= 4 is 0 Å². The number of hydrogen-bond donors (Lipinski definition) is 0. The summed E-state index contributed by atoms with van der Waals surface area (Å²) in [6, 6.07) is 12.2. The van der Waals surface area contributed by atoms with Gasteiger partial charge >= 0.3 is 0 Å². The molecule has 0 atom stereocenters. The molecule has 0 unspecified atom stereocenters. The van der Waals surface area contributed by atoms with E-state index in [1.54, 1.807) is 12.1 Å². The first kappa shape index (κ1) is 18.3. The Morgan fingerprint density at radius 1 is 1.00 bits per heavy atom. The summed E-state index contributed by atoms with van der Waals surface area (Å²) in [5.74, 6) is 0. The molecule has 1 aromatic rings. The second-order valence-electron chi connectivity index (χ2n) is 1.37. The molecule has 0 aliphatic carbocycles. The molecule has 0 saturated carbocycles. The first-order chi connectivity index (χ1) is 3.39. The van der Waals surface area contributed by atoms with Crippen molar-refractivity contribution in [2.24, 2.45) is 0 Å². The van der Waals surface area contributed by atoms with Gasteiger partial charge in [-0.2, -0.15) is 0 Å². The van der Waals surface area contributed by atoms with Crippen LogP contribution < -0.4 is 0 Å². The van der Waals surface area contributed by atoms with Crippen molar-refractivity contribution in [1.82, 2.24) is 0 Å². The number of aryl methyl sites for hydroxylation is 1. The Morgan fingerprint density at radius 3 is 1.60 bits per heavy atom. The van der Waals surface area contributed by atoms with Gasteiger partial charge in [-0.25, -0.2) is 0 Å². The third-order valence-electron chi connectivity index (χ3n) is 0.744. The van der Waals surface area contributed by atoms with Gasteiger partial charge < -0.3 is 35.9 Å². The molecule has 3 radical (unpaired) electrons. The third-order valence-corrected chi connectivity index (χ3v) is 0.744. The number of hydrogen-bond acceptors (Lipinski definition) is 0. The van der Waals surface area contributed by atoms with Crippen LogP contribution in [0.3, 0.4) is 0 Å². The molecule has 0 spiro atoms. The van der Waals surface area contributed by atoms with Gasteiger partial charge in [0.1, 0.15) is 0 Å². The molecule has 10 heavy (non-hydrogen) atoms. The molecule has 0 bridgehead atoms. The van der Waals surface area contributed by atoms with Gasteiger partial charge in [-0.05, 0) is 0 Å². The van der Waals surface area contributed by atoms with Gasteiger partial charge in [0.15, 0.2) is 0 Å². The van der Waals surface area contributed by atoms with Gasteiger partial charge in [-0.15, -0.1) is 6.92 Å². The fourth-order valence-corrected chi connectivity index (χ4v) is 0.383. The third kappa shape index (κ3) is 8.63. The van der Waals surface area contributed by atoms with Gasteiger partial charge in [0.25, 0.3) is 0 Å². The summed E-state index contributed by atoms with van der Waals surface area (Å²) in [7, 11) is 0. The monoisotopic (exact) mass is 356 g/mol. The van der Waals surface area contributed by atoms with Gasteiger partial charge in [0.2, 0.25) is 0 Å². The molecule has 3 heteroatoms. The van der Waals surface area contributed by atoms with E-state index < -0.39 is 0 Å². The average Bonchev–Trinajstić information content (AvgIpc) is 1.69. The van der Waals surface area contributed by atoms with Crippen LogP contribution in [0.5, 0.6) is 0 Å². The van der Waals surface area contributed by atoms with E-state index >= 15 is 0 Å². The maximum Gasteiger partial charge on any atom is 0 e. The summed E-state index contributed by atoms with van der Waals surface area (Å²) in [4.78, 5) is 0. The maximum absolute atomic E-state index is 2.92. The van der Waals surface area contributed by atoms with Crippen molar-refractivity contribution in [1.29, 1.82) is 0 Å². The van der Waals surface area contributed by atoms with E-state index in [2.05, 4.69) is 18.2 Å². The summed E-state index contributed by atoms with van der Waals surface area (Å²) >= 11 is 0. The molecule has 0 saturated heterocycles. The Balaban J connectivity index is -0.000000163. The minimum Gasteiger partial charge on any atom is -0.545 e. The molecule has 0 nitrogen and oxygen atoms in total. The summed E-state index contributed by atoms with van der Waals surface area (Å²) in [6.45, 7) is 1.95. The van der Waals surface area contributed by atoms with E-state index in [9.17, 15) is 0 Å². The maximum atomic E-state index is 2.92. The van der Waals surface area contributed by atoms with Crippen molar-refractivity contribution in [3.05, 3.63) is 35.9 Å². The molecule has 0 aliphatic heterocycles. The van der Waals surface area contributed by atoms with Crippen LogP contribution >= 0.6 is 0 Å². The fraction of sp³-hybridized carbons (Fsp3) is 0.143. The van der Waals surface area contributed by atoms with Gasteiger partial charge in [0.05, 0.1) is 0 Å². The molecular formula is C7H5Y3-3. The number of rotatable bonds is 0. The molecular weight excluding hydrogens is 351 g/mol. The smallest absolute Gasteiger partial charge is 0 e. The zero-order valence-corrected chi connectivity index (χ0v) is 14.4. The van der Waals surface area contributed by atoms with E-state index in [1.165, 1.54) is 0 Å². The van der Waals surface area contributed by atoms with Crippen LogP contribution in [0, 0.1) is 25.1 Å². The molecule has 45 valence electrons. The van der Waals surface area contributed by atoms with E-state index in [-0.39, 0.29) is 98.1 Å². The SMILES string of the molecule is Cc1[c-]c[c-]c[c-]1.[Y].[Y].[Y]. The van der Waals surface area contributed by atoms with Crippen LogP contribution in [-0.4, -0.2) is 0 Å². The van der Waals surface area contributed by atoms with Crippen molar-refractivity contribution in [2.45, 2.75) is 6.92 Å². The van der Waals surface area contributed by atoms with Crippen LogP contribution in [0.1, 0.15) is 5.56 Å². The fourth-order valence-electron chi connectivity index (χ4n) is 0.383. The molecule has 0 fully saturated rings. The van der Waals surface area contributed by atoms with Crippen LogP contribution in [-0.2, 0) is 98.1 Å². The van der Waals surface area contributed by atoms with E-state index in [0.29, 0.717) is 0 Å². The summed E-state index contributed by atoms with van der Waals surface area (Å²) in [5, 5.41) is 0. The van der Waals surface area contributed by atoms with Crippen LogP contribution in [0.4, 0.5) is 0 Å². The Labute approximate surface area is 138 Å². The Morgan fingerprint density at radius 2 is 1.40 bits per heavy atom. The zero-order chi connectivity index (χ0) is 5.11. The van der Waals surface area contributed by atoms with Crippen LogP contribution in [0.25, 0.3) is 0 Å². The van der Waals surface area contributed by atoms with E-state index in [0.717, 1.165) is 5.56 Å². The standard InChI is InChI=1S/C7H5.3Y/c1-7-5-3-2-4-6-7;;;/h3-4H,1H3;;;/q-3;;;. The summed E-state index contributed by atoms with van der Waals surface area (Å²) in [6.07, 6.45) is 0. The Kier molecular flexibility index (Phi) is 21.2. The Bertz CT molecular complexity index is 139. The molecule has 0 heterocycles. The molecule has 0 N–H and O–H groups in total. The number of benzene rings is 1. The van der Waals surface area contributed by atoms with Crippen molar-refractivity contribution in [2.75, 3.05) is 0 Å². The predicted octanol–water partition coefficient (Wildman–Crippen LogP) is 1.39. The topological polar surface area (TPSA) is 0 Å². The van der Waals surface area contributed by atoms with Crippen LogP contribution in [0.15, 0.2) is 12.1 Å². The van der Waals surface area contributed by atoms with E-state index in [4.69, 9.17) is 0 Å². The zero-order valence-electron chi connectivity index (χ0n) is 5.89. The predicted molar refractivity (Wildman–Crippen MR) is 27.7 cm³/mol. The first-order valence-electron chi connectivity index (χ1n) is 2.15. The minimum absolute atomic E-state index is 0. The van der Waals surface area contributed by atoms with Crippen molar-refractivity contribution < 1.29 is 98.1 Å². The van der Waals surface area contributed by atoms with E-state index in [1.807, 2.05) is 6.92 Å². The normalized spacial score (nSPS) is 6.10. The van der Waals surface area contributed by atoms with Gasteiger partial charge in [0, 0.05) is 98.1 Å². The second-order valence-corrected chi connectivity index (χ2v) is 1.37. The quantitative estimate of drug-likeness (QED) is 0.617. The summed E-state index contributed by atoms with van der Waals surface area (Å²) < 4.78 is 0. The van der Waals surface area contributed by atoms with Crippen LogP contribution in [0.2, 0.25) is 0 Å². The Hall–Kier alpha value is 2.53. The molecule has 1 aromatic carbocycles. The molecule has 0 amide bonds. The largest absolute Gasteiger partial charge is 0.545 e. The van der Waals surface area contributed by atoms with Gasteiger partial charge in [-0.1, -0.05) is 0 Å². The second kappa shape index (κ2) is 11.5. The minimum atomic E-state index is 0. The van der Waals surface area contributed by atoms with Gasteiger partial charge in [-0.3, -0.25) is 0 Å². The first-order valence-corrected chi connectivity index (χ1v) is 2.15. The molecule has 0 aliphatic rings. The van der Waals surface area contributed by atoms with Crippen molar-refractivity contribution in [3.63, 3.8) is 0 Å². The average molecular weight is 356 g/mol. The molecule has 1 rings (SSSR count). The summed E-state index contributed by atoms with van der Waals surface area (Å²) in [5.41, 5.74) is 1.04.